The zero-order valence-electron chi connectivity index (χ0n) is 19.8. The molecule has 0 aliphatic heterocycles. The molecule has 0 fully saturated rings. The normalized spacial score (nSPS) is 9.60. The Morgan fingerprint density at radius 2 is 0.857 bits per heavy atom. The number of nitrogens with one attached hydrogen (secondary N) is 1. The Morgan fingerprint density at radius 1 is 0.486 bits per heavy atom. The number of H-pyrrole nitrogens is 1. The maximum atomic E-state index is 6.02. The van der Waals surface area contributed by atoms with Crippen LogP contribution in [0.4, 0.5) is 0 Å². The molecular weight excluding hydrogens is 393 g/mol. The summed E-state index contributed by atoms with van der Waals surface area (Å²) in [5.74, 6) is 0. The molecule has 122 valence electrons. The van der Waals surface area contributed by atoms with E-state index in [1.807, 2.05) is 24.4 Å². The van der Waals surface area contributed by atoms with E-state index in [0.717, 1.165) is 11.0 Å². The van der Waals surface area contributed by atoms with E-state index in [1.165, 1.54) is 0 Å². The van der Waals surface area contributed by atoms with Gasteiger partial charge < -0.3 is 4.98 Å². The van der Waals surface area contributed by atoms with Crippen molar-refractivity contribution in [2.45, 2.75) is 0 Å². The molecule has 2 heterocycles. The lowest BCUT2D eigenvalue weighted by Gasteiger charge is -2.48. The molecule has 0 amide bonds. The van der Waals surface area contributed by atoms with Crippen LogP contribution in [0, 0.1) is 0 Å². The predicted molar refractivity (Wildman–Crippen MR) is 186 cm³/mol. The van der Waals surface area contributed by atoms with Crippen LogP contribution in [0.2, 0.25) is 0 Å². The summed E-state index contributed by atoms with van der Waals surface area (Å²) < 4.78 is 0. The van der Waals surface area contributed by atoms with E-state index in [0.29, 0.717) is 0 Å². The van der Waals surface area contributed by atoms with Crippen LogP contribution in [0.25, 0.3) is 11.0 Å². The Labute approximate surface area is 235 Å². The first-order chi connectivity index (χ1) is 16.2. The Bertz CT molecular complexity index is 762. The molecule has 2 aromatic heterocycles. The second-order valence-corrected chi connectivity index (χ2v) is 8.84. The van der Waals surface area contributed by atoms with Gasteiger partial charge in [-0.2, -0.15) is 0 Å². The number of fused-ring (bicyclic) bond motifs is 1. The summed E-state index contributed by atoms with van der Waals surface area (Å²) in [6, 6.07) is 5.87. The van der Waals surface area contributed by atoms with Gasteiger partial charge in [0.15, 0.2) is 0 Å². The molecule has 0 unspecified atom stereocenters. The molecule has 0 spiro atoms. The monoisotopic (exact) mass is 404 g/mol. The van der Waals surface area contributed by atoms with Gasteiger partial charge in [-0.3, -0.25) is 4.98 Å². The van der Waals surface area contributed by atoms with E-state index in [2.05, 4.69) is 9.97 Å². The maximum Gasteiger partial charge on any atom is 0.0878 e. The first-order valence-corrected chi connectivity index (χ1v) is 11.2. The van der Waals surface area contributed by atoms with Crippen molar-refractivity contribution in [2.75, 3.05) is 0 Å². The van der Waals surface area contributed by atoms with Crippen LogP contribution in [0.15, 0.2) is 30.6 Å². The Morgan fingerprint density at radius 3 is 1.20 bits per heavy atom. The third-order valence-corrected chi connectivity index (χ3v) is 6.21. The predicted octanol–water partition coefficient (Wildman–Crippen LogP) is -8.34. The van der Waals surface area contributed by atoms with Crippen LogP contribution >= 0.6 is 0 Å². The zero-order chi connectivity index (χ0) is 27.0. The summed E-state index contributed by atoms with van der Waals surface area (Å²) in [7, 11) is 82.9. The number of pyridine rings is 1. The second-order valence-electron chi connectivity index (χ2n) is 8.84. The quantitative estimate of drug-likeness (QED) is 0.374. The van der Waals surface area contributed by atoms with E-state index >= 15 is 0 Å². The van der Waals surface area contributed by atoms with Crippen molar-refractivity contribution in [2.24, 2.45) is 0 Å². The Balaban J connectivity index is 0.000000553. The van der Waals surface area contributed by atoms with Gasteiger partial charge in [-0.05, 0) is 18.2 Å². The van der Waals surface area contributed by atoms with Crippen molar-refractivity contribution in [3.8, 4) is 0 Å². The number of rotatable bonds is 11. The highest BCUT2D eigenvalue weighted by molar-refractivity contribution is 8.25. The number of hydrogen-bond donors (Lipinski definition) is 1. The second kappa shape index (κ2) is 15.7. The van der Waals surface area contributed by atoms with Gasteiger partial charge in [0.05, 0.1) is 11.0 Å². The summed E-state index contributed by atoms with van der Waals surface area (Å²) >= 11 is 0. The number of aromatic amines is 1. The molecule has 28 heteroatoms. The molecule has 0 atom stereocenters. The zero-order valence-corrected chi connectivity index (χ0v) is 19.8. The van der Waals surface area contributed by atoms with Crippen molar-refractivity contribution in [1.29, 1.82) is 0 Å². The van der Waals surface area contributed by atoms with Gasteiger partial charge in [-0.15, -0.1) is 0 Å². The van der Waals surface area contributed by atoms with Crippen molar-refractivity contribution >= 4 is 196 Å². The summed E-state index contributed by atoms with van der Waals surface area (Å²) in [5, 5.41) is 0. The fraction of sp³-hybridized carbons (Fsp3) is 0. The largest absolute Gasteiger partial charge is 0.360 e. The van der Waals surface area contributed by atoms with Gasteiger partial charge in [0, 0.05) is 197 Å². The molecule has 0 aliphatic carbocycles. The third kappa shape index (κ3) is 9.57. The highest BCUT2D eigenvalue weighted by atomic mass is 14.7. The fourth-order valence-electron chi connectivity index (χ4n) is 4.73. The van der Waals surface area contributed by atoms with Gasteiger partial charge in [-0.25, -0.2) is 0 Å². The number of nitrogens with zero attached hydrogens (tertiary/aromatic N) is 1. The Kier molecular flexibility index (Phi) is 15.0. The van der Waals surface area contributed by atoms with E-state index in [9.17, 15) is 0 Å². The fourth-order valence-corrected chi connectivity index (χ4v) is 4.73. The van der Waals surface area contributed by atoms with Crippen molar-refractivity contribution in [3.05, 3.63) is 30.6 Å². The molecular formula is C7H6B26N2. The lowest BCUT2D eigenvalue weighted by atomic mass is 8.34. The lowest BCUT2D eigenvalue weighted by Crippen LogP contribution is -2.86. The molecule has 35 heavy (non-hydrogen) atoms. The van der Waals surface area contributed by atoms with Crippen molar-refractivity contribution in [1.82, 2.24) is 9.97 Å². The minimum atomic E-state index is -1.02. The number of hydrogen-bond acceptors (Lipinski definition) is 1. The molecule has 0 aromatic carbocycles. The summed E-state index contributed by atoms with van der Waals surface area (Å²) in [6.07, 6.45) is -7.18. The van der Waals surface area contributed by atoms with Gasteiger partial charge in [-0.1, -0.05) is 0 Å². The average molecular weight is 399 g/mol. The summed E-state index contributed by atoms with van der Waals surface area (Å²) in [6.45, 7) is 0. The minimum Gasteiger partial charge on any atom is -0.360 e. The van der Waals surface area contributed by atoms with E-state index in [-0.39, 0.29) is 0 Å². The minimum absolute atomic E-state index is 0.760. The molecule has 0 saturated carbocycles. The maximum absolute atomic E-state index is 6.02. The molecule has 0 bridgehead atoms. The van der Waals surface area contributed by atoms with Crippen LogP contribution in [0.5, 0.6) is 0 Å². The standard InChI is InChI=1S/C7H6N2.B26/c1-2-6-7(8-4-1)3-5-9-6;1-15(2)22(16(3)4)25(21(13)14)26(23(17(5)6)18(7)8)24(19(9)10)20(11)12/h1-5,9H;. The van der Waals surface area contributed by atoms with Crippen LogP contribution in [0.1, 0.15) is 0 Å². The first kappa shape index (κ1) is 33.4. The summed E-state index contributed by atoms with van der Waals surface area (Å²) in [4.78, 5) is 7.17. The highest BCUT2D eigenvalue weighted by Gasteiger charge is 2.49. The van der Waals surface area contributed by atoms with E-state index < -0.39 is 76.6 Å². The molecule has 2 nitrogen and oxygen atoms in total. The first-order valence-electron chi connectivity index (χ1n) is 11.2. The van der Waals surface area contributed by atoms with Crippen LogP contribution in [-0.4, -0.2) is 195 Å². The number of aromatic nitrogens is 2. The lowest BCUT2D eigenvalue weighted by molar-refractivity contribution is 1.41. The van der Waals surface area contributed by atoms with E-state index in [1.54, 1.807) is 6.20 Å². The topological polar surface area (TPSA) is 28.7 Å². The van der Waals surface area contributed by atoms with Gasteiger partial charge in [0.1, 0.15) is 0 Å². The van der Waals surface area contributed by atoms with E-state index in [4.69, 9.17) is 108 Å². The third-order valence-electron chi connectivity index (χ3n) is 6.21. The van der Waals surface area contributed by atoms with Crippen LogP contribution in [-0.2, 0) is 0 Å². The smallest absolute Gasteiger partial charge is 0.0878 e. The summed E-state index contributed by atoms with van der Waals surface area (Å²) in [5.41, 5.74) is 2.12. The molecule has 2 aromatic rings. The van der Waals surface area contributed by atoms with Crippen LogP contribution in [0.3, 0.4) is 0 Å². The molecule has 28 radical (unpaired) electrons. The van der Waals surface area contributed by atoms with Crippen molar-refractivity contribution in [3.63, 3.8) is 0 Å². The van der Waals surface area contributed by atoms with Gasteiger partial charge in [0.25, 0.3) is 0 Å². The Hall–Kier alpha value is 0.378. The van der Waals surface area contributed by atoms with Gasteiger partial charge >= 0.3 is 0 Å². The highest BCUT2D eigenvalue weighted by Crippen LogP contribution is 2.11. The van der Waals surface area contributed by atoms with Crippen molar-refractivity contribution < 1.29 is 0 Å². The molecule has 1 N–H and O–H groups in total. The molecule has 0 saturated heterocycles. The molecule has 0 aliphatic rings. The van der Waals surface area contributed by atoms with Gasteiger partial charge in [0.2, 0.25) is 0 Å². The SMILES string of the molecule is [B]B([B])B(B([B])[B])B(B([B])[B])B(B(B([B])[B])B([B])[B])B(B([B])[B])B([B])[B].c1cnc2cc[nH]c2c1. The molecule has 2 rings (SSSR count). The average Bonchev–Trinajstić information content (AvgIpc) is 3.18. The van der Waals surface area contributed by atoms with Crippen LogP contribution < -0.4 is 0 Å².